The summed E-state index contributed by atoms with van der Waals surface area (Å²) in [6.07, 6.45) is 3.49. The van der Waals surface area contributed by atoms with E-state index in [1.54, 1.807) is 26.2 Å². The molecule has 0 bridgehead atoms. The molecule has 0 aromatic heterocycles. The number of benzene rings is 2. The van der Waals surface area contributed by atoms with Gasteiger partial charge in [0.25, 0.3) is 0 Å². The lowest BCUT2D eigenvalue weighted by atomic mass is 9.84. The van der Waals surface area contributed by atoms with Gasteiger partial charge in [-0.05, 0) is 62.4 Å². The fourth-order valence-corrected chi connectivity index (χ4v) is 4.72. The first-order valence-corrected chi connectivity index (χ1v) is 12.0. The van der Waals surface area contributed by atoms with Gasteiger partial charge in [0.2, 0.25) is 0 Å². The SMILES string of the molecule is CCC(F)(CCCCCNCc1cc(F)c(F)cc1F)CC1Cc2cc(OC)c(OC)cc2C1=O. The minimum atomic E-state index is -1.43. The molecule has 1 N–H and O–H groups in total. The maximum atomic E-state index is 15.6. The first-order valence-electron chi connectivity index (χ1n) is 12.0. The third-order valence-electron chi connectivity index (χ3n) is 6.84. The minimum Gasteiger partial charge on any atom is -0.493 e. The average molecular weight is 496 g/mol. The molecule has 0 radical (unpaired) electrons. The maximum absolute atomic E-state index is 15.6. The number of fused-ring (bicyclic) bond motifs is 1. The van der Waals surface area contributed by atoms with Gasteiger partial charge in [0.15, 0.2) is 28.9 Å². The number of ether oxygens (including phenoxy) is 2. The van der Waals surface area contributed by atoms with Gasteiger partial charge in [0, 0.05) is 29.7 Å². The lowest BCUT2D eigenvalue weighted by Gasteiger charge is -2.26. The molecule has 2 aromatic rings. The van der Waals surface area contributed by atoms with E-state index in [1.165, 1.54) is 7.11 Å². The molecule has 192 valence electrons. The second kappa shape index (κ2) is 11.9. The first kappa shape index (κ1) is 27.0. The van der Waals surface area contributed by atoms with Crippen molar-refractivity contribution < 1.29 is 31.8 Å². The van der Waals surface area contributed by atoms with E-state index in [1.807, 2.05) is 0 Å². The molecule has 0 saturated carbocycles. The van der Waals surface area contributed by atoms with E-state index in [2.05, 4.69) is 5.32 Å². The number of methoxy groups -OCH3 is 2. The number of hydrogen-bond acceptors (Lipinski definition) is 4. The normalized spacial score (nSPS) is 16.8. The van der Waals surface area contributed by atoms with Crippen LogP contribution in [0, 0.1) is 23.4 Å². The summed E-state index contributed by atoms with van der Waals surface area (Å²) in [4.78, 5) is 12.9. The predicted octanol–water partition coefficient (Wildman–Crippen LogP) is 6.33. The van der Waals surface area contributed by atoms with E-state index in [-0.39, 0.29) is 24.3 Å². The van der Waals surface area contributed by atoms with Crippen LogP contribution in [0.25, 0.3) is 0 Å². The third-order valence-corrected chi connectivity index (χ3v) is 6.84. The lowest BCUT2D eigenvalue weighted by Crippen LogP contribution is -2.28. The van der Waals surface area contributed by atoms with E-state index < -0.39 is 29.0 Å². The molecular formula is C27H33F4NO3. The summed E-state index contributed by atoms with van der Waals surface area (Å²) in [5, 5.41) is 3.01. The molecular weight excluding hydrogens is 462 g/mol. The molecule has 0 aliphatic heterocycles. The van der Waals surface area contributed by atoms with E-state index in [0.29, 0.717) is 55.4 Å². The van der Waals surface area contributed by atoms with Crippen LogP contribution in [0.2, 0.25) is 0 Å². The molecule has 0 heterocycles. The number of hydrogen-bond donors (Lipinski definition) is 1. The van der Waals surface area contributed by atoms with Gasteiger partial charge in [-0.2, -0.15) is 0 Å². The molecule has 2 atom stereocenters. The number of nitrogens with one attached hydrogen (secondary N) is 1. The van der Waals surface area contributed by atoms with E-state index in [0.717, 1.165) is 24.5 Å². The van der Waals surface area contributed by atoms with Crippen LogP contribution in [0.3, 0.4) is 0 Å². The zero-order valence-corrected chi connectivity index (χ0v) is 20.5. The first-order chi connectivity index (χ1) is 16.7. The van der Waals surface area contributed by atoms with Crippen LogP contribution in [-0.4, -0.2) is 32.2 Å². The Kier molecular flexibility index (Phi) is 9.16. The fourth-order valence-electron chi connectivity index (χ4n) is 4.72. The van der Waals surface area contributed by atoms with Crippen molar-refractivity contribution in [3.05, 3.63) is 58.4 Å². The highest BCUT2D eigenvalue weighted by molar-refractivity contribution is 6.03. The van der Waals surface area contributed by atoms with Crippen LogP contribution in [0.1, 0.15) is 66.9 Å². The molecule has 0 saturated heterocycles. The largest absolute Gasteiger partial charge is 0.493 e. The van der Waals surface area contributed by atoms with Crippen molar-refractivity contribution in [2.45, 2.75) is 64.1 Å². The molecule has 1 aliphatic carbocycles. The van der Waals surface area contributed by atoms with Gasteiger partial charge in [-0.15, -0.1) is 0 Å². The fraction of sp³-hybridized carbons (Fsp3) is 0.519. The van der Waals surface area contributed by atoms with Crippen LogP contribution in [0.15, 0.2) is 24.3 Å². The molecule has 2 aromatic carbocycles. The van der Waals surface area contributed by atoms with Crippen molar-refractivity contribution in [3.63, 3.8) is 0 Å². The Morgan fingerprint density at radius 3 is 2.34 bits per heavy atom. The number of carbonyl (C=O) groups excluding carboxylic acids is 1. The highest BCUT2D eigenvalue weighted by Crippen LogP contribution is 2.41. The van der Waals surface area contributed by atoms with Crippen LogP contribution in [-0.2, 0) is 13.0 Å². The molecule has 1 aliphatic rings. The Hall–Kier alpha value is -2.61. The van der Waals surface area contributed by atoms with Gasteiger partial charge >= 0.3 is 0 Å². The van der Waals surface area contributed by atoms with Crippen molar-refractivity contribution in [3.8, 4) is 11.5 Å². The minimum absolute atomic E-state index is 0.0508. The van der Waals surface area contributed by atoms with Gasteiger partial charge in [-0.25, -0.2) is 17.6 Å². The van der Waals surface area contributed by atoms with Crippen molar-refractivity contribution in [2.24, 2.45) is 5.92 Å². The summed E-state index contributed by atoms with van der Waals surface area (Å²) < 4.78 is 66.2. The Bertz CT molecular complexity index is 1050. The third kappa shape index (κ3) is 6.54. The smallest absolute Gasteiger partial charge is 0.166 e. The standard InChI is InChI=1S/C27H33F4NO3/c1-4-27(31,8-6-5-7-9-32-16-19-11-22(29)23(30)14-21(19)28)15-18-10-17-12-24(34-2)25(35-3)13-20(17)26(18)33/h11-14,18,32H,4-10,15-16H2,1-3H3. The van der Waals surface area contributed by atoms with Crippen molar-refractivity contribution in [1.82, 2.24) is 5.32 Å². The maximum Gasteiger partial charge on any atom is 0.166 e. The highest BCUT2D eigenvalue weighted by atomic mass is 19.2. The van der Waals surface area contributed by atoms with Crippen molar-refractivity contribution in [1.29, 1.82) is 0 Å². The summed E-state index contributed by atoms with van der Waals surface area (Å²) in [5.74, 6) is -2.49. The number of Topliss-reactive ketones (excluding diaryl/α,β-unsaturated/α-hetero) is 1. The summed E-state index contributed by atoms with van der Waals surface area (Å²) in [6, 6.07) is 4.88. The highest BCUT2D eigenvalue weighted by Gasteiger charge is 2.39. The van der Waals surface area contributed by atoms with Gasteiger partial charge < -0.3 is 14.8 Å². The molecule has 3 rings (SSSR count). The topological polar surface area (TPSA) is 47.6 Å². The molecule has 0 amide bonds. The van der Waals surface area contributed by atoms with Gasteiger partial charge in [-0.3, -0.25) is 4.79 Å². The number of ketones is 1. The lowest BCUT2D eigenvalue weighted by molar-refractivity contribution is 0.0760. The Morgan fingerprint density at radius 1 is 0.971 bits per heavy atom. The second-order valence-electron chi connectivity index (χ2n) is 9.18. The van der Waals surface area contributed by atoms with Crippen LogP contribution < -0.4 is 14.8 Å². The van der Waals surface area contributed by atoms with E-state index in [4.69, 9.17) is 9.47 Å². The second-order valence-corrected chi connectivity index (χ2v) is 9.18. The molecule has 0 fully saturated rings. The van der Waals surface area contributed by atoms with Crippen molar-refractivity contribution >= 4 is 5.78 Å². The average Bonchev–Trinajstić information content (AvgIpc) is 3.14. The molecule has 35 heavy (non-hydrogen) atoms. The molecule has 2 unspecified atom stereocenters. The Morgan fingerprint density at radius 2 is 1.66 bits per heavy atom. The number of halogens is 4. The Labute approximate surface area is 204 Å². The molecule has 8 heteroatoms. The summed E-state index contributed by atoms with van der Waals surface area (Å²) >= 11 is 0. The predicted molar refractivity (Wildman–Crippen MR) is 126 cm³/mol. The zero-order valence-electron chi connectivity index (χ0n) is 20.5. The summed E-state index contributed by atoms with van der Waals surface area (Å²) in [7, 11) is 3.06. The molecule has 4 nitrogen and oxygen atoms in total. The van der Waals surface area contributed by atoms with Crippen molar-refractivity contribution in [2.75, 3.05) is 20.8 Å². The van der Waals surface area contributed by atoms with Gasteiger partial charge in [-0.1, -0.05) is 19.8 Å². The van der Waals surface area contributed by atoms with Crippen LogP contribution in [0.5, 0.6) is 11.5 Å². The summed E-state index contributed by atoms with van der Waals surface area (Å²) in [5.41, 5.74) is 0.0723. The van der Waals surface area contributed by atoms with Gasteiger partial charge in [0.05, 0.1) is 14.2 Å². The monoisotopic (exact) mass is 495 g/mol. The number of unbranched alkanes of at least 4 members (excludes halogenated alkanes) is 2. The number of carbonyl (C=O) groups is 1. The van der Waals surface area contributed by atoms with Crippen LogP contribution in [0.4, 0.5) is 17.6 Å². The summed E-state index contributed by atoms with van der Waals surface area (Å²) in [6.45, 7) is 2.44. The van der Waals surface area contributed by atoms with E-state index >= 15 is 4.39 Å². The quantitative estimate of drug-likeness (QED) is 0.200. The van der Waals surface area contributed by atoms with Gasteiger partial charge in [0.1, 0.15) is 11.5 Å². The van der Waals surface area contributed by atoms with E-state index in [9.17, 15) is 18.0 Å². The van der Waals surface area contributed by atoms with Crippen LogP contribution >= 0.6 is 0 Å². The number of alkyl halides is 1. The number of rotatable bonds is 13. The zero-order chi connectivity index (χ0) is 25.6. The molecule has 0 spiro atoms. The Balaban J connectivity index is 1.44.